The van der Waals surface area contributed by atoms with Gasteiger partial charge in [0.15, 0.2) is 0 Å². The Morgan fingerprint density at radius 3 is 2.48 bits per heavy atom. The zero-order valence-corrected chi connectivity index (χ0v) is 25.6. The van der Waals surface area contributed by atoms with Crippen molar-refractivity contribution in [1.29, 1.82) is 0 Å². The molecule has 0 saturated heterocycles. The minimum absolute atomic E-state index is 0.0763. The highest BCUT2D eigenvalue weighted by molar-refractivity contribution is 7.89. The molecule has 3 heterocycles. The van der Waals surface area contributed by atoms with E-state index in [0.29, 0.717) is 5.56 Å². The van der Waals surface area contributed by atoms with Crippen LogP contribution in [0.1, 0.15) is 39.2 Å². The van der Waals surface area contributed by atoms with Crippen molar-refractivity contribution < 1.29 is 13.2 Å². The summed E-state index contributed by atoms with van der Waals surface area (Å²) in [7, 11) is -1.95. The molecular weight excluding hydrogens is 585 g/mol. The number of sulfonamides is 1. The van der Waals surface area contributed by atoms with Gasteiger partial charge in [-0.05, 0) is 66.8 Å². The van der Waals surface area contributed by atoms with Crippen LogP contribution in [-0.4, -0.2) is 48.1 Å². The van der Waals surface area contributed by atoms with Gasteiger partial charge in [0, 0.05) is 48.7 Å². The number of amides is 1. The number of hydrogen-bond donors (Lipinski definition) is 1. The molecule has 7 nitrogen and oxygen atoms in total. The lowest BCUT2D eigenvalue weighted by atomic mass is 10.0. The van der Waals surface area contributed by atoms with Crippen molar-refractivity contribution >= 4 is 53.8 Å². The number of carbonyl (C=O) groups is 1. The number of nitrogens with one attached hydrogen (secondary N) is 1. The Labute approximate surface area is 253 Å². The van der Waals surface area contributed by atoms with Crippen molar-refractivity contribution in [3.05, 3.63) is 100 Å². The molecule has 0 atom stereocenters. The van der Waals surface area contributed by atoms with Crippen molar-refractivity contribution in [2.24, 2.45) is 0 Å². The van der Waals surface area contributed by atoms with E-state index >= 15 is 0 Å². The SMILES string of the molecule is CN(C1CC1)S(=O)(=O)c1ccc(C(=O)Nc2sc3c(c2-c2nc4ccccc4s2)CCN(Cc2ccccc2)C3)cc1. The number of para-hydroxylation sites is 1. The first-order valence-electron chi connectivity index (χ1n) is 14.0. The maximum absolute atomic E-state index is 13.5. The second kappa shape index (κ2) is 11.0. The molecule has 5 aromatic rings. The van der Waals surface area contributed by atoms with Gasteiger partial charge in [-0.1, -0.05) is 42.5 Å². The summed E-state index contributed by atoms with van der Waals surface area (Å²) in [6.45, 7) is 2.61. The molecule has 214 valence electrons. The van der Waals surface area contributed by atoms with E-state index in [4.69, 9.17) is 4.98 Å². The van der Waals surface area contributed by atoms with Crippen molar-refractivity contribution in [1.82, 2.24) is 14.2 Å². The van der Waals surface area contributed by atoms with Gasteiger partial charge in [-0.15, -0.1) is 22.7 Å². The Balaban J connectivity index is 1.19. The third kappa shape index (κ3) is 5.29. The molecule has 7 rings (SSSR count). The van der Waals surface area contributed by atoms with Crippen LogP contribution in [0.4, 0.5) is 5.00 Å². The number of thiazole rings is 1. The van der Waals surface area contributed by atoms with Crippen molar-refractivity contribution in [3.8, 4) is 10.6 Å². The number of benzene rings is 3. The molecule has 10 heteroatoms. The topological polar surface area (TPSA) is 82.6 Å². The van der Waals surface area contributed by atoms with E-state index in [1.807, 2.05) is 24.3 Å². The maximum atomic E-state index is 13.5. The lowest BCUT2D eigenvalue weighted by Gasteiger charge is -2.27. The van der Waals surface area contributed by atoms with Gasteiger partial charge < -0.3 is 5.32 Å². The van der Waals surface area contributed by atoms with Crippen LogP contribution in [0.2, 0.25) is 0 Å². The predicted molar refractivity (Wildman–Crippen MR) is 170 cm³/mol. The molecule has 1 fully saturated rings. The van der Waals surface area contributed by atoms with E-state index in [0.717, 1.165) is 64.7 Å². The maximum Gasteiger partial charge on any atom is 0.256 e. The van der Waals surface area contributed by atoms with Crippen molar-refractivity contribution in [2.75, 3.05) is 18.9 Å². The molecule has 42 heavy (non-hydrogen) atoms. The van der Waals surface area contributed by atoms with Gasteiger partial charge in [-0.2, -0.15) is 4.31 Å². The molecular formula is C32H30N4O3S3. The van der Waals surface area contributed by atoms with E-state index in [1.54, 1.807) is 41.9 Å². The summed E-state index contributed by atoms with van der Waals surface area (Å²) in [5.41, 5.74) is 4.91. The Kier molecular flexibility index (Phi) is 7.19. The number of rotatable bonds is 8. The average Bonchev–Trinajstić information content (AvgIpc) is 3.67. The molecule has 1 N–H and O–H groups in total. The molecule has 3 aromatic carbocycles. The Hall–Kier alpha value is -3.41. The van der Waals surface area contributed by atoms with Gasteiger partial charge in [0.1, 0.15) is 10.0 Å². The lowest BCUT2D eigenvalue weighted by Crippen LogP contribution is -2.29. The Morgan fingerprint density at radius 2 is 1.74 bits per heavy atom. The molecule has 0 spiro atoms. The molecule has 1 aliphatic heterocycles. The minimum Gasteiger partial charge on any atom is -0.313 e. The predicted octanol–water partition coefficient (Wildman–Crippen LogP) is 6.62. The first-order valence-corrected chi connectivity index (χ1v) is 17.1. The average molecular weight is 615 g/mol. The number of fused-ring (bicyclic) bond motifs is 2. The number of aromatic nitrogens is 1. The monoisotopic (exact) mass is 614 g/mol. The second-order valence-electron chi connectivity index (χ2n) is 10.9. The number of thiophene rings is 1. The normalized spacial score (nSPS) is 15.7. The molecule has 1 aliphatic carbocycles. The number of anilines is 1. The first-order chi connectivity index (χ1) is 20.4. The van der Waals surface area contributed by atoms with Crippen LogP contribution >= 0.6 is 22.7 Å². The van der Waals surface area contributed by atoms with Crippen molar-refractivity contribution in [3.63, 3.8) is 0 Å². The van der Waals surface area contributed by atoms with Gasteiger partial charge in [-0.25, -0.2) is 13.4 Å². The van der Waals surface area contributed by atoms with Crippen LogP contribution in [0.15, 0.2) is 83.8 Å². The van der Waals surface area contributed by atoms with E-state index < -0.39 is 10.0 Å². The van der Waals surface area contributed by atoms with E-state index in [2.05, 4.69) is 40.5 Å². The number of carbonyl (C=O) groups excluding carboxylic acids is 1. The summed E-state index contributed by atoms with van der Waals surface area (Å²) in [6, 6.07) is 24.9. The van der Waals surface area contributed by atoms with Crippen LogP contribution in [0.3, 0.4) is 0 Å². The lowest BCUT2D eigenvalue weighted by molar-refractivity contribution is 0.102. The fourth-order valence-corrected chi connectivity index (χ4v) is 9.29. The zero-order chi connectivity index (χ0) is 28.8. The van der Waals surface area contributed by atoms with E-state index in [-0.39, 0.29) is 16.8 Å². The minimum atomic E-state index is -3.57. The molecule has 1 saturated carbocycles. The molecule has 0 unspecified atom stereocenters. The van der Waals surface area contributed by atoms with Crippen LogP contribution < -0.4 is 5.32 Å². The molecule has 0 bridgehead atoms. The fraction of sp³-hybridized carbons (Fsp3) is 0.250. The largest absolute Gasteiger partial charge is 0.313 e. The highest BCUT2D eigenvalue weighted by Crippen LogP contribution is 2.46. The van der Waals surface area contributed by atoms with Crippen LogP contribution in [0, 0.1) is 0 Å². The summed E-state index contributed by atoms with van der Waals surface area (Å²) in [5, 5.41) is 4.86. The molecule has 0 radical (unpaired) electrons. The summed E-state index contributed by atoms with van der Waals surface area (Å²) >= 11 is 3.26. The quantitative estimate of drug-likeness (QED) is 0.213. The van der Waals surface area contributed by atoms with Gasteiger partial charge in [0.2, 0.25) is 10.0 Å². The summed E-state index contributed by atoms with van der Waals surface area (Å²) in [4.78, 5) is 22.4. The van der Waals surface area contributed by atoms with Crippen LogP contribution in [0.25, 0.3) is 20.8 Å². The van der Waals surface area contributed by atoms with Gasteiger partial charge in [0.25, 0.3) is 5.91 Å². The van der Waals surface area contributed by atoms with Crippen LogP contribution in [0.5, 0.6) is 0 Å². The van der Waals surface area contributed by atoms with Gasteiger partial charge in [0.05, 0.1) is 15.1 Å². The Bertz CT molecular complexity index is 1840. The second-order valence-corrected chi connectivity index (χ2v) is 15.0. The number of nitrogens with zero attached hydrogens (tertiary/aromatic N) is 3. The zero-order valence-electron chi connectivity index (χ0n) is 23.1. The smallest absolute Gasteiger partial charge is 0.256 e. The molecule has 2 aliphatic rings. The summed E-state index contributed by atoms with van der Waals surface area (Å²) < 4.78 is 28.4. The fourth-order valence-electron chi connectivity index (χ4n) is 5.48. The Morgan fingerprint density at radius 1 is 1.00 bits per heavy atom. The summed E-state index contributed by atoms with van der Waals surface area (Å²) in [5.74, 6) is -0.267. The number of hydrogen-bond acceptors (Lipinski definition) is 7. The third-order valence-corrected chi connectivity index (χ3v) is 12.1. The van der Waals surface area contributed by atoms with Gasteiger partial charge >= 0.3 is 0 Å². The standard InChI is InChI=1S/C32H30N4O3S3/c1-35(23-13-14-23)42(38,39)24-15-11-22(12-16-24)30(37)34-32-29(31-33-26-9-5-6-10-27(26)40-31)25-17-18-36(20-28(25)41-32)19-21-7-3-2-4-8-21/h2-12,15-16,23H,13-14,17-20H2,1H3,(H,34,37). The van der Waals surface area contributed by atoms with Crippen molar-refractivity contribution in [2.45, 2.75) is 43.3 Å². The van der Waals surface area contributed by atoms with E-state index in [9.17, 15) is 13.2 Å². The highest BCUT2D eigenvalue weighted by atomic mass is 32.2. The van der Waals surface area contributed by atoms with E-state index in [1.165, 1.54) is 32.4 Å². The highest BCUT2D eigenvalue weighted by Gasteiger charge is 2.35. The first kappa shape index (κ1) is 27.4. The summed E-state index contributed by atoms with van der Waals surface area (Å²) in [6.07, 6.45) is 2.66. The molecule has 1 amide bonds. The van der Waals surface area contributed by atoms with Crippen LogP contribution in [-0.2, 0) is 29.5 Å². The molecule has 2 aromatic heterocycles. The third-order valence-electron chi connectivity index (χ3n) is 7.97. The van der Waals surface area contributed by atoms with Gasteiger partial charge in [-0.3, -0.25) is 9.69 Å².